The monoisotopic (exact) mass is 276 g/mol. The molecule has 0 bridgehead atoms. The van der Waals surface area contributed by atoms with Crippen LogP contribution in [0.5, 0.6) is 5.75 Å². The summed E-state index contributed by atoms with van der Waals surface area (Å²) in [5.41, 5.74) is 1.35. The fourth-order valence-electron chi connectivity index (χ4n) is 1.96. The van der Waals surface area contributed by atoms with Gasteiger partial charge in [-0.15, -0.1) is 0 Å². The van der Waals surface area contributed by atoms with Crippen LogP contribution in [0.1, 0.15) is 34.0 Å². The molecule has 0 radical (unpaired) electrons. The molecule has 0 saturated heterocycles. The van der Waals surface area contributed by atoms with Crippen molar-refractivity contribution in [3.8, 4) is 17.9 Å². The number of nitrogens with zero attached hydrogens (tertiary/aromatic N) is 2. The Morgan fingerprint density at radius 3 is 2.29 bits per heavy atom. The van der Waals surface area contributed by atoms with Crippen molar-refractivity contribution >= 4 is 5.78 Å². The van der Waals surface area contributed by atoms with Crippen molar-refractivity contribution in [2.24, 2.45) is 0 Å². The Bertz CT molecular complexity index is 753. The summed E-state index contributed by atoms with van der Waals surface area (Å²) in [6, 6.07) is 16.4. The second kappa shape index (κ2) is 6.36. The van der Waals surface area contributed by atoms with Gasteiger partial charge in [0.1, 0.15) is 30.1 Å². The Kier molecular flexibility index (Phi) is 4.33. The van der Waals surface area contributed by atoms with E-state index in [-0.39, 0.29) is 22.5 Å². The largest absolute Gasteiger partial charge is 0.487 e. The average molecular weight is 276 g/mol. The number of carbonyl (C=O) groups excluding carboxylic acids is 1. The van der Waals surface area contributed by atoms with Crippen molar-refractivity contribution in [1.29, 1.82) is 10.5 Å². The Labute approximate surface area is 122 Å². The molecule has 0 N–H and O–H groups in total. The number of carbonyl (C=O) groups is 1. The van der Waals surface area contributed by atoms with Gasteiger partial charge in [0.15, 0.2) is 5.78 Å². The number of hydrogen-bond donors (Lipinski definition) is 0. The van der Waals surface area contributed by atoms with Gasteiger partial charge in [-0.25, -0.2) is 0 Å². The SMILES string of the molecule is CC(=O)c1ccc(OCc2ccccc2)c(C#N)c1C#N. The first-order chi connectivity index (χ1) is 10.2. The van der Waals surface area contributed by atoms with Crippen molar-refractivity contribution in [2.75, 3.05) is 0 Å². The minimum atomic E-state index is -0.252. The number of ketones is 1. The van der Waals surface area contributed by atoms with Crippen LogP contribution in [0.15, 0.2) is 42.5 Å². The molecule has 0 amide bonds. The van der Waals surface area contributed by atoms with Crippen molar-refractivity contribution in [2.45, 2.75) is 13.5 Å². The van der Waals surface area contributed by atoms with Gasteiger partial charge in [-0.2, -0.15) is 10.5 Å². The van der Waals surface area contributed by atoms with E-state index in [9.17, 15) is 15.3 Å². The maximum Gasteiger partial charge on any atom is 0.161 e. The first kappa shape index (κ1) is 14.3. The molecule has 0 atom stereocenters. The molecule has 0 aliphatic heterocycles. The first-order valence-electron chi connectivity index (χ1n) is 6.32. The van der Waals surface area contributed by atoms with Gasteiger partial charge in [0, 0.05) is 5.56 Å². The number of benzene rings is 2. The molecular formula is C17H12N2O2. The van der Waals surface area contributed by atoms with Crippen LogP contribution in [0.4, 0.5) is 0 Å². The number of ether oxygens (including phenoxy) is 1. The maximum absolute atomic E-state index is 11.5. The molecule has 0 unspecified atom stereocenters. The topological polar surface area (TPSA) is 73.9 Å². The van der Waals surface area contributed by atoms with Crippen LogP contribution in [-0.4, -0.2) is 5.78 Å². The summed E-state index contributed by atoms with van der Waals surface area (Å²) < 4.78 is 5.61. The lowest BCUT2D eigenvalue weighted by Gasteiger charge is -2.10. The Morgan fingerprint density at radius 1 is 1.05 bits per heavy atom. The van der Waals surface area contributed by atoms with E-state index in [1.54, 1.807) is 6.07 Å². The van der Waals surface area contributed by atoms with E-state index in [0.29, 0.717) is 12.4 Å². The molecule has 0 spiro atoms. The fourth-order valence-corrected chi connectivity index (χ4v) is 1.96. The lowest BCUT2D eigenvalue weighted by molar-refractivity contribution is 0.101. The Balaban J connectivity index is 2.35. The zero-order valence-electron chi connectivity index (χ0n) is 11.5. The van der Waals surface area contributed by atoms with Crippen molar-refractivity contribution in [3.05, 3.63) is 64.7 Å². The molecule has 2 aromatic rings. The van der Waals surface area contributed by atoms with Gasteiger partial charge >= 0.3 is 0 Å². The summed E-state index contributed by atoms with van der Waals surface area (Å²) in [6.07, 6.45) is 0. The third kappa shape index (κ3) is 3.08. The van der Waals surface area contributed by atoms with E-state index < -0.39 is 0 Å². The van der Waals surface area contributed by atoms with Crippen LogP contribution in [0, 0.1) is 22.7 Å². The summed E-state index contributed by atoms with van der Waals surface area (Å²) in [6.45, 7) is 1.65. The molecule has 0 aliphatic carbocycles. The van der Waals surface area contributed by atoms with E-state index in [0.717, 1.165) is 5.56 Å². The highest BCUT2D eigenvalue weighted by molar-refractivity contribution is 5.97. The summed E-state index contributed by atoms with van der Waals surface area (Å²) >= 11 is 0. The van der Waals surface area contributed by atoms with Crippen LogP contribution < -0.4 is 4.74 Å². The molecule has 0 saturated carbocycles. The number of rotatable bonds is 4. The molecular weight excluding hydrogens is 264 g/mol. The van der Waals surface area contributed by atoms with Gasteiger partial charge in [0.2, 0.25) is 0 Å². The van der Waals surface area contributed by atoms with Gasteiger partial charge < -0.3 is 4.74 Å². The summed E-state index contributed by atoms with van der Waals surface area (Å²) in [5, 5.41) is 18.4. The third-order valence-electron chi connectivity index (χ3n) is 3.01. The molecule has 2 aromatic carbocycles. The van der Waals surface area contributed by atoms with Crippen LogP contribution in [0.2, 0.25) is 0 Å². The maximum atomic E-state index is 11.5. The van der Waals surface area contributed by atoms with Gasteiger partial charge in [-0.1, -0.05) is 30.3 Å². The second-order valence-electron chi connectivity index (χ2n) is 4.42. The molecule has 0 fully saturated rings. The standard InChI is InChI=1S/C17H12N2O2/c1-12(20)14-7-8-17(16(10-19)15(14)9-18)21-11-13-5-3-2-4-6-13/h2-8H,11H2,1H3. The minimum Gasteiger partial charge on any atom is -0.487 e. The van der Waals surface area contributed by atoms with E-state index in [1.165, 1.54) is 13.0 Å². The molecule has 2 rings (SSSR count). The van der Waals surface area contributed by atoms with Crippen molar-refractivity contribution in [3.63, 3.8) is 0 Å². The van der Waals surface area contributed by atoms with E-state index >= 15 is 0 Å². The van der Waals surface area contributed by atoms with Crippen LogP contribution in [0.25, 0.3) is 0 Å². The van der Waals surface area contributed by atoms with E-state index in [1.807, 2.05) is 42.5 Å². The first-order valence-corrected chi connectivity index (χ1v) is 6.32. The zero-order chi connectivity index (χ0) is 15.2. The number of nitriles is 2. The van der Waals surface area contributed by atoms with Gasteiger partial charge in [0.05, 0.1) is 5.56 Å². The predicted molar refractivity (Wildman–Crippen MR) is 76.7 cm³/mol. The molecule has 4 nitrogen and oxygen atoms in total. The number of Topliss-reactive ketones (excluding diaryl/α,β-unsaturated/α-hetero) is 1. The minimum absolute atomic E-state index is 0.0653. The molecule has 4 heteroatoms. The van der Waals surface area contributed by atoms with E-state index in [4.69, 9.17) is 4.74 Å². The third-order valence-corrected chi connectivity index (χ3v) is 3.01. The quantitative estimate of drug-likeness (QED) is 0.804. The van der Waals surface area contributed by atoms with Crippen molar-refractivity contribution < 1.29 is 9.53 Å². The van der Waals surface area contributed by atoms with Gasteiger partial charge in [-0.05, 0) is 24.6 Å². The van der Waals surface area contributed by atoms with E-state index in [2.05, 4.69) is 0 Å². The molecule has 102 valence electrons. The summed E-state index contributed by atoms with van der Waals surface area (Å²) in [7, 11) is 0. The summed E-state index contributed by atoms with van der Waals surface area (Å²) in [5.74, 6) is 0.0561. The van der Waals surface area contributed by atoms with Crippen LogP contribution >= 0.6 is 0 Å². The molecule has 0 heterocycles. The number of hydrogen-bond acceptors (Lipinski definition) is 4. The Hall–Kier alpha value is -3.11. The highest BCUT2D eigenvalue weighted by Gasteiger charge is 2.16. The zero-order valence-corrected chi connectivity index (χ0v) is 11.5. The van der Waals surface area contributed by atoms with Crippen LogP contribution in [-0.2, 0) is 6.61 Å². The molecule has 0 aliphatic rings. The molecule has 0 aromatic heterocycles. The smallest absolute Gasteiger partial charge is 0.161 e. The van der Waals surface area contributed by atoms with Gasteiger partial charge in [0.25, 0.3) is 0 Å². The Morgan fingerprint density at radius 2 is 1.71 bits per heavy atom. The predicted octanol–water partition coefficient (Wildman–Crippen LogP) is 3.21. The highest BCUT2D eigenvalue weighted by atomic mass is 16.5. The average Bonchev–Trinajstić information content (AvgIpc) is 2.52. The lowest BCUT2D eigenvalue weighted by Crippen LogP contribution is -2.03. The van der Waals surface area contributed by atoms with Gasteiger partial charge in [-0.3, -0.25) is 4.79 Å². The summed E-state index contributed by atoms with van der Waals surface area (Å²) in [4.78, 5) is 11.5. The molecule has 21 heavy (non-hydrogen) atoms. The van der Waals surface area contributed by atoms with Crippen LogP contribution in [0.3, 0.4) is 0 Å². The normalized spacial score (nSPS) is 9.48. The van der Waals surface area contributed by atoms with Crippen molar-refractivity contribution in [1.82, 2.24) is 0 Å². The highest BCUT2D eigenvalue weighted by Crippen LogP contribution is 2.25. The lowest BCUT2D eigenvalue weighted by atomic mass is 9.99. The second-order valence-corrected chi connectivity index (χ2v) is 4.42. The fraction of sp³-hybridized carbons (Fsp3) is 0.118.